The fraction of sp³-hybridized carbons (Fsp3) is 0.231. The number of fused-ring (bicyclic) bond motifs is 1. The Morgan fingerprint density at radius 2 is 1.80 bits per heavy atom. The summed E-state index contributed by atoms with van der Waals surface area (Å²) in [6.45, 7) is 1.88. The number of nitrogens with zero attached hydrogens (tertiary/aromatic N) is 4. The lowest BCUT2D eigenvalue weighted by atomic mass is 9.86. The SMILES string of the molecule is COc1ncc(-c2nn(-c3ccccc3)c(NC(=O)N[C@H]3c4ccccc4CC[C@@H]3O)c2C)cn1. The maximum absolute atomic E-state index is 13.2. The first-order valence-electron chi connectivity index (χ1n) is 11.4. The van der Waals surface area contributed by atoms with Crippen molar-refractivity contribution in [1.29, 1.82) is 0 Å². The number of carbonyl (C=O) groups excluding carboxylic acids is 1. The minimum absolute atomic E-state index is 0.262. The Kier molecular flexibility index (Phi) is 6.15. The van der Waals surface area contributed by atoms with E-state index in [-0.39, 0.29) is 6.01 Å². The number of hydrogen-bond donors (Lipinski definition) is 3. The van der Waals surface area contributed by atoms with Gasteiger partial charge in [0.2, 0.25) is 0 Å². The summed E-state index contributed by atoms with van der Waals surface area (Å²) in [6, 6.07) is 16.7. The van der Waals surface area contributed by atoms with Crippen LogP contribution in [-0.4, -0.2) is 44.1 Å². The van der Waals surface area contributed by atoms with Crippen molar-refractivity contribution in [2.45, 2.75) is 31.9 Å². The largest absolute Gasteiger partial charge is 0.467 e. The predicted molar refractivity (Wildman–Crippen MR) is 132 cm³/mol. The molecule has 0 spiro atoms. The maximum Gasteiger partial charge on any atom is 0.320 e. The summed E-state index contributed by atoms with van der Waals surface area (Å²) in [6.07, 6.45) is 3.98. The molecule has 5 rings (SSSR count). The van der Waals surface area contributed by atoms with Gasteiger partial charge in [-0.05, 0) is 43.0 Å². The third-order valence-electron chi connectivity index (χ3n) is 6.21. The normalized spacial score (nSPS) is 16.9. The van der Waals surface area contributed by atoms with Crippen LogP contribution in [0.3, 0.4) is 0 Å². The van der Waals surface area contributed by atoms with E-state index in [0.717, 1.165) is 28.8 Å². The molecule has 1 aliphatic rings. The van der Waals surface area contributed by atoms with Gasteiger partial charge in [0.05, 0.1) is 24.9 Å². The molecule has 2 aromatic heterocycles. The van der Waals surface area contributed by atoms with Gasteiger partial charge in [-0.1, -0.05) is 42.5 Å². The second-order valence-electron chi connectivity index (χ2n) is 8.41. The Balaban J connectivity index is 1.48. The molecule has 2 amide bonds. The molecule has 3 N–H and O–H groups in total. The molecule has 178 valence electrons. The van der Waals surface area contributed by atoms with Gasteiger partial charge in [-0.3, -0.25) is 5.32 Å². The van der Waals surface area contributed by atoms with Gasteiger partial charge in [-0.15, -0.1) is 0 Å². The van der Waals surface area contributed by atoms with Crippen LogP contribution in [0.4, 0.5) is 10.6 Å². The summed E-state index contributed by atoms with van der Waals surface area (Å²) in [5, 5.41) is 21.3. The molecule has 9 heteroatoms. The van der Waals surface area contributed by atoms with E-state index in [0.29, 0.717) is 23.5 Å². The van der Waals surface area contributed by atoms with Crippen LogP contribution in [0.5, 0.6) is 6.01 Å². The average molecular weight is 471 g/mol. The number of para-hydroxylation sites is 1. The second kappa shape index (κ2) is 9.55. The first-order chi connectivity index (χ1) is 17.0. The second-order valence-corrected chi connectivity index (χ2v) is 8.41. The van der Waals surface area contributed by atoms with E-state index in [2.05, 4.69) is 20.6 Å². The zero-order valence-corrected chi connectivity index (χ0v) is 19.5. The van der Waals surface area contributed by atoms with Gasteiger partial charge < -0.3 is 15.2 Å². The van der Waals surface area contributed by atoms with Gasteiger partial charge >= 0.3 is 12.0 Å². The summed E-state index contributed by atoms with van der Waals surface area (Å²) < 4.78 is 6.74. The summed E-state index contributed by atoms with van der Waals surface area (Å²) in [5.74, 6) is 0.512. The summed E-state index contributed by atoms with van der Waals surface area (Å²) in [5.41, 5.74) is 4.94. The molecule has 2 aromatic carbocycles. The molecular weight excluding hydrogens is 444 g/mol. The molecule has 0 saturated heterocycles. The zero-order chi connectivity index (χ0) is 24.4. The molecular formula is C26H26N6O3. The Hall–Kier alpha value is -4.24. The standard InChI is InChI=1S/C26H26N6O3/c1-16-22(18-14-27-26(35-2)28-15-18)31-32(19-9-4-3-5-10-19)24(16)30-25(34)29-23-20-11-7-6-8-17(20)12-13-21(23)33/h3-11,14-15,21,23,33H,12-13H2,1-2H3,(H2,29,30,34)/t21-,23-/m0/s1. The maximum atomic E-state index is 13.2. The highest BCUT2D eigenvalue weighted by molar-refractivity contribution is 5.91. The minimum atomic E-state index is -0.664. The van der Waals surface area contributed by atoms with Crippen molar-refractivity contribution in [3.8, 4) is 23.0 Å². The number of amides is 2. The lowest BCUT2D eigenvalue weighted by Crippen LogP contribution is -2.41. The smallest absolute Gasteiger partial charge is 0.320 e. The summed E-state index contributed by atoms with van der Waals surface area (Å²) >= 11 is 0. The first-order valence-corrected chi connectivity index (χ1v) is 11.4. The van der Waals surface area contributed by atoms with Crippen LogP contribution in [0.25, 0.3) is 16.9 Å². The van der Waals surface area contributed by atoms with Gasteiger partial charge in [-0.25, -0.2) is 19.4 Å². The Bertz CT molecular complexity index is 1340. The fourth-order valence-corrected chi connectivity index (χ4v) is 4.42. The van der Waals surface area contributed by atoms with Gasteiger partial charge in [0.15, 0.2) is 0 Å². The Morgan fingerprint density at radius 1 is 1.09 bits per heavy atom. The third-order valence-corrected chi connectivity index (χ3v) is 6.21. The van der Waals surface area contributed by atoms with Crippen molar-refractivity contribution in [1.82, 2.24) is 25.1 Å². The van der Waals surface area contributed by atoms with Crippen molar-refractivity contribution in [3.05, 3.63) is 83.7 Å². The molecule has 0 radical (unpaired) electrons. The number of carbonyl (C=O) groups is 1. The number of methoxy groups -OCH3 is 1. The Labute approximate surface area is 202 Å². The molecule has 4 aromatic rings. The lowest BCUT2D eigenvalue weighted by Gasteiger charge is -2.31. The van der Waals surface area contributed by atoms with Crippen molar-refractivity contribution >= 4 is 11.8 Å². The third kappa shape index (κ3) is 4.45. The van der Waals surface area contributed by atoms with Crippen LogP contribution in [0.2, 0.25) is 0 Å². The molecule has 0 aliphatic heterocycles. The average Bonchev–Trinajstić information content (AvgIpc) is 3.22. The molecule has 35 heavy (non-hydrogen) atoms. The molecule has 0 saturated carbocycles. The van der Waals surface area contributed by atoms with E-state index in [1.807, 2.05) is 61.5 Å². The molecule has 2 atom stereocenters. The monoisotopic (exact) mass is 470 g/mol. The highest BCUT2D eigenvalue weighted by Gasteiger charge is 2.30. The number of aliphatic hydroxyl groups is 1. The topological polar surface area (TPSA) is 114 Å². The number of aromatic nitrogens is 4. The van der Waals surface area contributed by atoms with Crippen molar-refractivity contribution in [3.63, 3.8) is 0 Å². The molecule has 0 bridgehead atoms. The zero-order valence-electron chi connectivity index (χ0n) is 19.5. The summed E-state index contributed by atoms with van der Waals surface area (Å²) in [7, 11) is 1.51. The molecule has 2 heterocycles. The van der Waals surface area contributed by atoms with E-state index in [4.69, 9.17) is 9.84 Å². The van der Waals surface area contributed by atoms with E-state index < -0.39 is 18.2 Å². The first kappa shape index (κ1) is 22.5. The number of rotatable bonds is 5. The number of hydrogen-bond acceptors (Lipinski definition) is 6. The van der Waals surface area contributed by atoms with Crippen LogP contribution in [-0.2, 0) is 6.42 Å². The van der Waals surface area contributed by atoms with Gasteiger partial charge in [0, 0.05) is 23.5 Å². The highest BCUT2D eigenvalue weighted by Crippen LogP contribution is 2.32. The van der Waals surface area contributed by atoms with Crippen LogP contribution >= 0.6 is 0 Å². The highest BCUT2D eigenvalue weighted by atomic mass is 16.5. The van der Waals surface area contributed by atoms with E-state index >= 15 is 0 Å². The minimum Gasteiger partial charge on any atom is -0.467 e. The number of aliphatic hydroxyl groups excluding tert-OH is 1. The lowest BCUT2D eigenvalue weighted by molar-refractivity contribution is 0.114. The van der Waals surface area contributed by atoms with Crippen LogP contribution in [0.15, 0.2) is 67.0 Å². The molecule has 9 nitrogen and oxygen atoms in total. The van der Waals surface area contributed by atoms with Crippen LogP contribution < -0.4 is 15.4 Å². The van der Waals surface area contributed by atoms with Crippen molar-refractivity contribution in [2.75, 3.05) is 12.4 Å². The number of aryl methyl sites for hydroxylation is 1. The van der Waals surface area contributed by atoms with Gasteiger partial charge in [0.25, 0.3) is 0 Å². The number of urea groups is 1. The van der Waals surface area contributed by atoms with E-state index in [1.54, 1.807) is 17.1 Å². The van der Waals surface area contributed by atoms with E-state index in [9.17, 15) is 9.90 Å². The van der Waals surface area contributed by atoms with Crippen LogP contribution in [0.1, 0.15) is 29.2 Å². The predicted octanol–water partition coefficient (Wildman–Crippen LogP) is 3.82. The quantitative estimate of drug-likeness (QED) is 0.409. The van der Waals surface area contributed by atoms with E-state index in [1.165, 1.54) is 7.11 Å². The number of nitrogens with one attached hydrogen (secondary N) is 2. The number of benzene rings is 2. The van der Waals surface area contributed by atoms with Gasteiger partial charge in [0.1, 0.15) is 11.5 Å². The molecule has 1 aliphatic carbocycles. The van der Waals surface area contributed by atoms with Gasteiger partial charge in [-0.2, -0.15) is 5.10 Å². The number of ether oxygens (including phenoxy) is 1. The summed E-state index contributed by atoms with van der Waals surface area (Å²) in [4.78, 5) is 21.6. The number of anilines is 1. The molecule has 0 fully saturated rings. The fourth-order valence-electron chi connectivity index (χ4n) is 4.42. The van der Waals surface area contributed by atoms with Crippen LogP contribution in [0, 0.1) is 6.92 Å². The Morgan fingerprint density at radius 3 is 2.54 bits per heavy atom. The van der Waals surface area contributed by atoms with Crippen molar-refractivity contribution in [2.24, 2.45) is 0 Å². The van der Waals surface area contributed by atoms with Crippen molar-refractivity contribution < 1.29 is 14.6 Å². The molecule has 0 unspecified atom stereocenters.